The maximum Gasteiger partial charge on any atom is 0.269 e. The molecule has 2 heterocycles. The Balaban J connectivity index is 1.91. The number of aromatic amines is 1. The first-order chi connectivity index (χ1) is 6.36. The van der Waals surface area contributed by atoms with Crippen LogP contribution in [0.3, 0.4) is 0 Å². The molecule has 1 amide bonds. The first-order valence-electron chi connectivity index (χ1n) is 4.36. The first kappa shape index (κ1) is 8.25. The summed E-state index contributed by atoms with van der Waals surface area (Å²) in [4.78, 5) is 18.0. The summed E-state index contributed by atoms with van der Waals surface area (Å²) in [5, 5.41) is 6.09. The molecule has 5 nitrogen and oxygen atoms in total. The Kier molecular flexibility index (Phi) is 2.27. The molecule has 1 saturated heterocycles. The monoisotopic (exact) mass is 180 g/mol. The minimum Gasteiger partial charge on any atom is -0.347 e. The summed E-state index contributed by atoms with van der Waals surface area (Å²) >= 11 is 0. The molecule has 1 aliphatic rings. The van der Waals surface area contributed by atoms with Gasteiger partial charge in [0.05, 0.1) is 12.5 Å². The summed E-state index contributed by atoms with van der Waals surface area (Å²) in [6, 6.07) is 0.260. The van der Waals surface area contributed by atoms with Crippen LogP contribution in [0, 0.1) is 0 Å². The van der Waals surface area contributed by atoms with E-state index in [0.29, 0.717) is 5.69 Å². The second-order valence-corrected chi connectivity index (χ2v) is 3.13. The Morgan fingerprint density at radius 1 is 1.69 bits per heavy atom. The van der Waals surface area contributed by atoms with Crippen LogP contribution in [-0.4, -0.2) is 35.0 Å². The van der Waals surface area contributed by atoms with E-state index in [1.165, 1.54) is 12.5 Å². The molecule has 70 valence electrons. The van der Waals surface area contributed by atoms with Gasteiger partial charge in [0.25, 0.3) is 5.91 Å². The van der Waals surface area contributed by atoms with Gasteiger partial charge in [0.2, 0.25) is 0 Å². The van der Waals surface area contributed by atoms with Crippen LogP contribution < -0.4 is 10.6 Å². The maximum atomic E-state index is 11.5. The van der Waals surface area contributed by atoms with Crippen molar-refractivity contribution in [3.05, 3.63) is 18.2 Å². The molecule has 3 N–H and O–H groups in total. The Labute approximate surface area is 75.9 Å². The van der Waals surface area contributed by atoms with Gasteiger partial charge in [-0.15, -0.1) is 0 Å². The number of H-pyrrole nitrogens is 1. The van der Waals surface area contributed by atoms with E-state index >= 15 is 0 Å². The van der Waals surface area contributed by atoms with Crippen LogP contribution in [0.2, 0.25) is 0 Å². The van der Waals surface area contributed by atoms with E-state index in [1.807, 2.05) is 0 Å². The van der Waals surface area contributed by atoms with Crippen LogP contribution in [0.5, 0.6) is 0 Å². The third-order valence-corrected chi connectivity index (χ3v) is 2.14. The van der Waals surface area contributed by atoms with Crippen LogP contribution in [0.1, 0.15) is 16.9 Å². The fraction of sp³-hybridized carbons (Fsp3) is 0.500. The molecule has 1 atom stereocenters. The van der Waals surface area contributed by atoms with Gasteiger partial charge in [-0.05, 0) is 13.0 Å². The summed E-state index contributed by atoms with van der Waals surface area (Å²) in [6.45, 7) is 1.84. The highest BCUT2D eigenvalue weighted by Crippen LogP contribution is 1.99. The van der Waals surface area contributed by atoms with Crippen LogP contribution in [-0.2, 0) is 0 Å². The number of hydrogen-bond donors (Lipinski definition) is 3. The second kappa shape index (κ2) is 3.57. The van der Waals surface area contributed by atoms with Crippen molar-refractivity contribution in [2.24, 2.45) is 0 Å². The Morgan fingerprint density at radius 2 is 2.62 bits per heavy atom. The van der Waals surface area contributed by atoms with Crippen molar-refractivity contribution in [2.45, 2.75) is 12.5 Å². The highest BCUT2D eigenvalue weighted by molar-refractivity contribution is 5.92. The molecule has 0 bridgehead atoms. The van der Waals surface area contributed by atoms with Gasteiger partial charge in [-0.1, -0.05) is 0 Å². The maximum absolute atomic E-state index is 11.5. The third kappa shape index (κ3) is 1.86. The van der Waals surface area contributed by atoms with E-state index in [1.54, 1.807) is 0 Å². The van der Waals surface area contributed by atoms with Crippen molar-refractivity contribution in [3.63, 3.8) is 0 Å². The quantitative estimate of drug-likeness (QED) is 0.574. The van der Waals surface area contributed by atoms with Crippen molar-refractivity contribution in [2.75, 3.05) is 13.1 Å². The average Bonchev–Trinajstić information content (AvgIpc) is 2.74. The molecule has 5 heteroatoms. The number of rotatable bonds is 2. The molecule has 2 rings (SSSR count). The number of hydrogen-bond acceptors (Lipinski definition) is 3. The number of nitrogens with zero attached hydrogens (tertiary/aromatic N) is 1. The fourth-order valence-corrected chi connectivity index (χ4v) is 1.42. The van der Waals surface area contributed by atoms with Crippen LogP contribution in [0.15, 0.2) is 12.5 Å². The summed E-state index contributed by atoms with van der Waals surface area (Å²) in [5.74, 6) is -0.0776. The van der Waals surface area contributed by atoms with E-state index < -0.39 is 0 Å². The smallest absolute Gasteiger partial charge is 0.269 e. The predicted octanol–water partition coefficient (Wildman–Crippen LogP) is -0.499. The largest absolute Gasteiger partial charge is 0.347 e. The number of amides is 1. The fourth-order valence-electron chi connectivity index (χ4n) is 1.42. The SMILES string of the molecule is O=C(N[C@H]1CCNC1)c1cnc[nH]1. The Hall–Kier alpha value is -1.36. The van der Waals surface area contributed by atoms with E-state index in [0.717, 1.165) is 19.5 Å². The normalized spacial score (nSPS) is 21.7. The lowest BCUT2D eigenvalue weighted by Gasteiger charge is -2.09. The molecule has 0 unspecified atom stereocenters. The summed E-state index contributed by atoms with van der Waals surface area (Å²) in [7, 11) is 0. The zero-order chi connectivity index (χ0) is 9.10. The van der Waals surface area contributed by atoms with Crippen molar-refractivity contribution in [1.29, 1.82) is 0 Å². The van der Waals surface area contributed by atoms with Crippen molar-refractivity contribution >= 4 is 5.91 Å². The first-order valence-corrected chi connectivity index (χ1v) is 4.36. The predicted molar refractivity (Wildman–Crippen MR) is 47.3 cm³/mol. The van der Waals surface area contributed by atoms with Gasteiger partial charge in [0, 0.05) is 12.6 Å². The molecule has 0 spiro atoms. The number of carbonyl (C=O) groups is 1. The van der Waals surface area contributed by atoms with E-state index in [-0.39, 0.29) is 11.9 Å². The molecular weight excluding hydrogens is 168 g/mol. The van der Waals surface area contributed by atoms with Crippen LogP contribution in [0.4, 0.5) is 0 Å². The molecule has 13 heavy (non-hydrogen) atoms. The molecule has 1 aliphatic heterocycles. The zero-order valence-electron chi connectivity index (χ0n) is 7.21. The van der Waals surface area contributed by atoms with Gasteiger partial charge in [-0.3, -0.25) is 4.79 Å². The molecule has 1 aromatic rings. The standard InChI is InChI=1S/C8H12N4O/c13-8(7-4-10-5-11-7)12-6-1-2-9-3-6/h4-6,9H,1-3H2,(H,10,11)(H,12,13)/t6-/m0/s1. The van der Waals surface area contributed by atoms with Gasteiger partial charge in [-0.25, -0.2) is 4.98 Å². The summed E-state index contributed by atoms with van der Waals surface area (Å²) in [6.07, 6.45) is 4.03. The number of carbonyl (C=O) groups excluding carboxylic acids is 1. The number of aromatic nitrogens is 2. The van der Waals surface area contributed by atoms with Crippen LogP contribution in [0.25, 0.3) is 0 Å². The van der Waals surface area contributed by atoms with Gasteiger partial charge in [-0.2, -0.15) is 0 Å². The molecular formula is C8H12N4O. The minimum atomic E-state index is -0.0776. The van der Waals surface area contributed by atoms with Crippen molar-refractivity contribution in [3.8, 4) is 0 Å². The van der Waals surface area contributed by atoms with Gasteiger partial charge in [0.15, 0.2) is 0 Å². The Morgan fingerprint density at radius 3 is 3.23 bits per heavy atom. The molecule has 1 fully saturated rings. The van der Waals surface area contributed by atoms with E-state index in [4.69, 9.17) is 0 Å². The zero-order valence-corrected chi connectivity index (χ0v) is 7.21. The average molecular weight is 180 g/mol. The minimum absolute atomic E-state index is 0.0776. The van der Waals surface area contributed by atoms with Crippen molar-refractivity contribution < 1.29 is 4.79 Å². The lowest BCUT2D eigenvalue weighted by atomic mass is 10.2. The molecule has 0 aromatic carbocycles. The van der Waals surface area contributed by atoms with Crippen molar-refractivity contribution in [1.82, 2.24) is 20.6 Å². The summed E-state index contributed by atoms with van der Waals surface area (Å²) < 4.78 is 0. The highest BCUT2D eigenvalue weighted by Gasteiger charge is 2.17. The molecule has 0 aliphatic carbocycles. The number of nitrogens with one attached hydrogen (secondary N) is 3. The molecule has 0 radical (unpaired) electrons. The topological polar surface area (TPSA) is 69.8 Å². The second-order valence-electron chi connectivity index (χ2n) is 3.13. The molecule has 1 aromatic heterocycles. The Bertz CT molecular complexity index is 276. The highest BCUT2D eigenvalue weighted by atomic mass is 16.2. The summed E-state index contributed by atoms with van der Waals surface area (Å²) in [5.41, 5.74) is 0.520. The lowest BCUT2D eigenvalue weighted by Crippen LogP contribution is -2.36. The van der Waals surface area contributed by atoms with E-state index in [9.17, 15) is 4.79 Å². The van der Waals surface area contributed by atoms with E-state index in [2.05, 4.69) is 20.6 Å². The molecule has 0 saturated carbocycles. The van der Waals surface area contributed by atoms with Gasteiger partial charge >= 0.3 is 0 Å². The van der Waals surface area contributed by atoms with Gasteiger partial charge in [0.1, 0.15) is 5.69 Å². The third-order valence-electron chi connectivity index (χ3n) is 2.14. The number of imidazole rings is 1. The van der Waals surface area contributed by atoms with Crippen LogP contribution >= 0.6 is 0 Å². The van der Waals surface area contributed by atoms with Gasteiger partial charge < -0.3 is 15.6 Å². The lowest BCUT2D eigenvalue weighted by molar-refractivity contribution is 0.0935.